The molecular formula is C25H27O3P. The first-order valence-electron chi connectivity index (χ1n) is 9.95. The van der Waals surface area contributed by atoms with Gasteiger partial charge in [-0.05, 0) is 48.1 Å². The molecule has 1 aliphatic rings. The second kappa shape index (κ2) is 6.78. The Morgan fingerprint density at radius 3 is 2.28 bits per heavy atom. The van der Waals surface area contributed by atoms with Crippen molar-refractivity contribution in [3.63, 3.8) is 0 Å². The van der Waals surface area contributed by atoms with E-state index >= 15 is 0 Å². The fourth-order valence-electron chi connectivity index (χ4n) is 3.97. The van der Waals surface area contributed by atoms with Gasteiger partial charge >= 0.3 is 0 Å². The Bertz CT molecular complexity index is 1140. The molecule has 0 aliphatic carbocycles. The highest BCUT2D eigenvalue weighted by atomic mass is 31.2. The normalized spacial score (nSPS) is 19.1. The predicted octanol–water partition coefficient (Wildman–Crippen LogP) is 6.72. The molecule has 0 bridgehead atoms. The number of benzene rings is 3. The van der Waals surface area contributed by atoms with Crippen molar-refractivity contribution in [2.45, 2.75) is 45.7 Å². The van der Waals surface area contributed by atoms with Gasteiger partial charge in [-0.25, -0.2) is 0 Å². The number of hydrogen-bond donors (Lipinski definition) is 1. The number of hydrogen-bond acceptors (Lipinski definition) is 3. The minimum atomic E-state index is -3.33. The lowest BCUT2D eigenvalue weighted by atomic mass is 9.84. The quantitative estimate of drug-likeness (QED) is 0.480. The summed E-state index contributed by atoms with van der Waals surface area (Å²) in [6.07, 6.45) is 0. The van der Waals surface area contributed by atoms with Gasteiger partial charge in [0.05, 0.1) is 11.0 Å². The third-order valence-corrected chi connectivity index (χ3v) is 8.63. The van der Waals surface area contributed by atoms with Crippen molar-refractivity contribution in [1.29, 1.82) is 0 Å². The zero-order valence-corrected chi connectivity index (χ0v) is 18.5. The summed E-state index contributed by atoms with van der Waals surface area (Å²) in [5.74, 6) is 0.824. The number of para-hydroxylation sites is 1. The van der Waals surface area contributed by atoms with E-state index in [1.54, 1.807) is 0 Å². The van der Waals surface area contributed by atoms with Gasteiger partial charge in [-0.15, -0.1) is 0 Å². The number of phenols is 1. The number of fused-ring (bicyclic) bond motifs is 3. The second-order valence-electron chi connectivity index (χ2n) is 8.86. The Morgan fingerprint density at radius 1 is 0.966 bits per heavy atom. The van der Waals surface area contributed by atoms with Gasteiger partial charge in [-0.1, -0.05) is 69.3 Å². The highest BCUT2D eigenvalue weighted by Gasteiger charge is 2.42. The molecule has 0 saturated heterocycles. The van der Waals surface area contributed by atoms with Crippen LogP contribution in [-0.2, 0) is 9.98 Å². The van der Waals surface area contributed by atoms with Crippen LogP contribution in [0.1, 0.15) is 50.0 Å². The maximum Gasteiger partial charge on any atom is 0.285 e. The molecular weight excluding hydrogens is 379 g/mol. The Balaban J connectivity index is 1.92. The van der Waals surface area contributed by atoms with Gasteiger partial charge in [0, 0.05) is 11.1 Å². The van der Waals surface area contributed by atoms with E-state index in [1.807, 2.05) is 74.5 Å². The van der Waals surface area contributed by atoms with E-state index < -0.39 is 13.0 Å². The highest BCUT2D eigenvalue weighted by molar-refractivity contribution is 7.68. The van der Waals surface area contributed by atoms with Crippen molar-refractivity contribution < 1.29 is 14.2 Å². The van der Waals surface area contributed by atoms with Crippen molar-refractivity contribution in [3.8, 4) is 22.6 Å². The molecule has 1 N–H and O–H groups in total. The molecule has 0 saturated carbocycles. The van der Waals surface area contributed by atoms with Gasteiger partial charge in [-0.2, -0.15) is 0 Å². The molecule has 0 fully saturated rings. The monoisotopic (exact) mass is 406 g/mol. The van der Waals surface area contributed by atoms with Crippen LogP contribution in [0.2, 0.25) is 0 Å². The molecule has 0 radical (unpaired) electrons. The van der Waals surface area contributed by atoms with Crippen LogP contribution in [0.4, 0.5) is 0 Å². The fraction of sp³-hybridized carbons (Fsp3) is 0.280. The van der Waals surface area contributed by atoms with Crippen molar-refractivity contribution in [2.24, 2.45) is 0 Å². The van der Waals surface area contributed by atoms with Crippen LogP contribution in [-0.4, -0.2) is 5.11 Å². The van der Waals surface area contributed by atoms with E-state index in [0.29, 0.717) is 16.6 Å². The fourth-order valence-corrected chi connectivity index (χ4v) is 6.48. The zero-order valence-electron chi connectivity index (χ0n) is 17.6. The van der Waals surface area contributed by atoms with Gasteiger partial charge in [0.1, 0.15) is 11.5 Å². The van der Waals surface area contributed by atoms with Crippen molar-refractivity contribution in [2.75, 3.05) is 0 Å². The van der Waals surface area contributed by atoms with Crippen LogP contribution in [0.25, 0.3) is 11.1 Å². The van der Waals surface area contributed by atoms with E-state index in [-0.39, 0.29) is 11.2 Å². The number of aryl methyl sites for hydroxylation is 1. The number of aromatic hydroxyl groups is 1. The standard InChI is InChI=1S/C25H27O3P/c1-16-14-18(25(3,4)5)15-21(24(16)26)17(2)29(27)23-13-9-7-11-20(23)19-10-6-8-12-22(19)28-29/h6-15,17,26H,1-5H3. The average molecular weight is 406 g/mol. The summed E-state index contributed by atoms with van der Waals surface area (Å²) in [6.45, 7) is 10.2. The average Bonchev–Trinajstić information content (AvgIpc) is 2.69. The van der Waals surface area contributed by atoms with Crippen LogP contribution in [0.5, 0.6) is 11.5 Å². The van der Waals surface area contributed by atoms with Gasteiger partial charge in [-0.3, -0.25) is 4.57 Å². The van der Waals surface area contributed by atoms with Crippen LogP contribution < -0.4 is 9.83 Å². The van der Waals surface area contributed by atoms with Crippen molar-refractivity contribution in [1.82, 2.24) is 0 Å². The summed E-state index contributed by atoms with van der Waals surface area (Å²) in [5.41, 5.74) is 3.88. The summed E-state index contributed by atoms with van der Waals surface area (Å²) in [7, 11) is -3.33. The second-order valence-corrected chi connectivity index (χ2v) is 11.5. The predicted molar refractivity (Wildman–Crippen MR) is 120 cm³/mol. The van der Waals surface area contributed by atoms with E-state index in [2.05, 4.69) is 20.8 Å². The van der Waals surface area contributed by atoms with E-state index in [1.165, 1.54) is 0 Å². The Morgan fingerprint density at radius 2 is 1.59 bits per heavy atom. The Kier molecular flexibility index (Phi) is 4.63. The van der Waals surface area contributed by atoms with Crippen LogP contribution in [0.15, 0.2) is 60.7 Å². The third-order valence-electron chi connectivity index (χ3n) is 5.81. The molecule has 1 aliphatic heterocycles. The molecule has 3 aromatic rings. The molecule has 29 heavy (non-hydrogen) atoms. The first-order chi connectivity index (χ1) is 13.6. The third kappa shape index (κ3) is 3.18. The maximum atomic E-state index is 14.4. The van der Waals surface area contributed by atoms with Crippen molar-refractivity contribution >= 4 is 12.7 Å². The molecule has 150 valence electrons. The summed E-state index contributed by atoms with van der Waals surface area (Å²) >= 11 is 0. The lowest BCUT2D eigenvalue weighted by Gasteiger charge is -2.33. The van der Waals surface area contributed by atoms with Gasteiger partial charge in [0.15, 0.2) is 0 Å². The van der Waals surface area contributed by atoms with E-state index in [0.717, 1.165) is 22.3 Å². The van der Waals surface area contributed by atoms with Gasteiger partial charge in [0.2, 0.25) is 0 Å². The van der Waals surface area contributed by atoms with Gasteiger partial charge in [0.25, 0.3) is 7.37 Å². The van der Waals surface area contributed by atoms with Crippen LogP contribution in [0, 0.1) is 6.92 Å². The Hall–Kier alpha value is -2.51. The van der Waals surface area contributed by atoms with E-state index in [4.69, 9.17) is 4.52 Å². The largest absolute Gasteiger partial charge is 0.507 e. The van der Waals surface area contributed by atoms with Gasteiger partial charge < -0.3 is 9.63 Å². The molecule has 3 aromatic carbocycles. The minimum absolute atomic E-state index is 0.0840. The maximum absolute atomic E-state index is 14.4. The van der Waals surface area contributed by atoms with E-state index in [9.17, 15) is 9.67 Å². The molecule has 4 rings (SSSR count). The molecule has 3 nitrogen and oxygen atoms in total. The molecule has 0 amide bonds. The Labute approximate surface area is 172 Å². The topological polar surface area (TPSA) is 46.5 Å². The zero-order chi connectivity index (χ0) is 21.0. The molecule has 4 heteroatoms. The van der Waals surface area contributed by atoms with Crippen molar-refractivity contribution in [3.05, 3.63) is 77.4 Å². The summed E-state index contributed by atoms with van der Waals surface area (Å²) in [6, 6.07) is 19.4. The summed E-state index contributed by atoms with van der Waals surface area (Å²) < 4.78 is 20.6. The lowest BCUT2D eigenvalue weighted by molar-refractivity contribution is 0.453. The first-order valence-corrected chi connectivity index (χ1v) is 11.6. The summed E-state index contributed by atoms with van der Waals surface area (Å²) in [4.78, 5) is 0. The molecule has 0 aromatic heterocycles. The van der Waals surface area contributed by atoms with Crippen LogP contribution >= 0.6 is 7.37 Å². The van der Waals surface area contributed by atoms with Crippen LogP contribution in [0.3, 0.4) is 0 Å². The smallest absolute Gasteiger partial charge is 0.285 e. The molecule has 1 heterocycles. The number of phenolic OH excluding ortho intramolecular Hbond substituents is 1. The lowest BCUT2D eigenvalue weighted by Crippen LogP contribution is -2.21. The minimum Gasteiger partial charge on any atom is -0.507 e. The molecule has 0 spiro atoms. The highest BCUT2D eigenvalue weighted by Crippen LogP contribution is 2.64. The first kappa shape index (κ1) is 19.8. The SMILES string of the molecule is Cc1cc(C(C)(C)C)cc(C(C)P2(=O)Oc3ccccc3-c3ccccc32)c1O. The molecule has 2 unspecified atom stereocenters. The summed E-state index contributed by atoms with van der Waals surface area (Å²) in [5, 5.41) is 11.6. The number of rotatable bonds is 2. The molecule has 2 atom stereocenters.